The van der Waals surface area contributed by atoms with Crippen molar-refractivity contribution in [2.45, 2.75) is 24.9 Å². The maximum absolute atomic E-state index is 10.9. The summed E-state index contributed by atoms with van der Waals surface area (Å²) in [7, 11) is 0. The van der Waals surface area contributed by atoms with Crippen molar-refractivity contribution < 1.29 is 29.4 Å². The van der Waals surface area contributed by atoms with E-state index in [1.165, 1.54) is 0 Å². The van der Waals surface area contributed by atoms with Crippen molar-refractivity contribution in [3.05, 3.63) is 0 Å². The first kappa shape index (κ1) is 24.0. The second-order valence-corrected chi connectivity index (χ2v) is 4.58. The molecule has 24 heavy (non-hydrogen) atoms. The molecule has 0 aromatic rings. The van der Waals surface area contributed by atoms with E-state index in [0.29, 0.717) is 0 Å². The summed E-state index contributed by atoms with van der Waals surface area (Å²) in [6.07, 6.45) is -0.327. The predicted molar refractivity (Wildman–Crippen MR) is 83.8 cm³/mol. The molecule has 2 unspecified atom stereocenters. The number of hydrogen-bond donors (Lipinski definition) is 8. The van der Waals surface area contributed by atoms with Crippen LogP contribution in [-0.2, 0) is 19.2 Å². The van der Waals surface area contributed by atoms with Gasteiger partial charge in [0.05, 0.1) is 38.1 Å². The minimum atomic E-state index is -0.955. The molecule has 0 aromatic carbocycles. The maximum atomic E-state index is 10.9. The van der Waals surface area contributed by atoms with E-state index < -0.39 is 35.7 Å². The van der Waals surface area contributed by atoms with E-state index in [1.54, 1.807) is 0 Å². The summed E-state index contributed by atoms with van der Waals surface area (Å²) in [5, 5.41) is 21.3. The molecule has 4 amide bonds. The predicted octanol–water partition coefficient (Wildman–Crippen LogP) is -5.40. The van der Waals surface area contributed by atoms with Gasteiger partial charge in [-0.2, -0.15) is 0 Å². The monoisotopic (exact) mass is 350 g/mol. The molecular weight excluding hydrogens is 324 g/mol. The Balaban J connectivity index is 0. The maximum Gasteiger partial charge on any atom is 0.237 e. The number of aliphatic hydroxyl groups excluding tert-OH is 2. The molecule has 140 valence electrons. The van der Waals surface area contributed by atoms with Gasteiger partial charge >= 0.3 is 0 Å². The van der Waals surface area contributed by atoms with Crippen LogP contribution in [0.3, 0.4) is 0 Å². The molecule has 12 N–H and O–H groups in total. The van der Waals surface area contributed by atoms with Gasteiger partial charge in [0.2, 0.25) is 23.6 Å². The fourth-order valence-corrected chi connectivity index (χ4v) is 1.19. The number of carbonyl (C=O) groups is 4. The van der Waals surface area contributed by atoms with Crippen molar-refractivity contribution in [1.82, 2.24) is 10.6 Å². The van der Waals surface area contributed by atoms with Crippen molar-refractivity contribution in [2.24, 2.45) is 22.9 Å². The lowest BCUT2D eigenvalue weighted by molar-refractivity contribution is -0.126. The lowest BCUT2D eigenvalue weighted by atomic mass is 10.2. The second-order valence-electron chi connectivity index (χ2n) is 4.58. The van der Waals surface area contributed by atoms with E-state index in [-0.39, 0.29) is 39.1 Å². The lowest BCUT2D eigenvalue weighted by Gasteiger charge is -2.08. The van der Waals surface area contributed by atoms with Crippen LogP contribution < -0.4 is 33.6 Å². The first-order chi connectivity index (χ1) is 11.1. The van der Waals surface area contributed by atoms with Gasteiger partial charge < -0.3 is 43.8 Å². The number of carbonyl (C=O) groups excluding carboxylic acids is 4. The number of amides is 4. The zero-order valence-corrected chi connectivity index (χ0v) is 13.2. The molecule has 0 fully saturated rings. The molecule has 0 aliphatic heterocycles. The molecule has 0 saturated heterocycles. The van der Waals surface area contributed by atoms with E-state index >= 15 is 0 Å². The molecule has 12 heteroatoms. The third-order valence-electron chi connectivity index (χ3n) is 2.37. The zero-order valence-electron chi connectivity index (χ0n) is 13.2. The van der Waals surface area contributed by atoms with Gasteiger partial charge in [-0.15, -0.1) is 0 Å². The molecule has 0 spiro atoms. The molecule has 0 radical (unpaired) electrons. The molecule has 0 rings (SSSR count). The number of nitrogens with one attached hydrogen (secondary N) is 2. The Morgan fingerprint density at radius 1 is 0.833 bits per heavy atom. The summed E-state index contributed by atoms with van der Waals surface area (Å²) in [5.74, 6) is -2.21. The minimum absolute atomic E-state index is 0.130. The van der Waals surface area contributed by atoms with Gasteiger partial charge in [-0.1, -0.05) is 0 Å². The first-order valence-electron chi connectivity index (χ1n) is 7.00. The Hall–Kier alpha value is -2.28. The lowest BCUT2D eigenvalue weighted by Crippen LogP contribution is -2.43. The number of nitrogens with two attached hydrogens (primary N) is 4. The molecule has 12 nitrogen and oxygen atoms in total. The van der Waals surface area contributed by atoms with Gasteiger partial charge in [0, 0.05) is 13.1 Å². The molecule has 2 atom stereocenters. The number of hydrogen-bond acceptors (Lipinski definition) is 8. The first-order valence-corrected chi connectivity index (χ1v) is 7.00. The quantitative estimate of drug-likeness (QED) is 0.189. The van der Waals surface area contributed by atoms with E-state index in [0.717, 1.165) is 0 Å². The third-order valence-corrected chi connectivity index (χ3v) is 2.37. The average molecular weight is 350 g/mol. The molecule has 0 saturated carbocycles. The van der Waals surface area contributed by atoms with Crippen LogP contribution in [0.25, 0.3) is 0 Å². The Labute approximate surface area is 138 Å². The summed E-state index contributed by atoms with van der Waals surface area (Å²) >= 11 is 0. The molecule has 0 bridgehead atoms. The topological polar surface area (TPSA) is 237 Å². The molecule has 0 aliphatic rings. The molecule has 0 aliphatic carbocycles. The number of rotatable bonds is 10. The fourth-order valence-electron chi connectivity index (χ4n) is 1.19. The Bertz CT molecular complexity index is 419. The summed E-state index contributed by atoms with van der Waals surface area (Å²) in [4.78, 5) is 42.4. The van der Waals surface area contributed by atoms with Crippen molar-refractivity contribution >= 4 is 23.6 Å². The highest BCUT2D eigenvalue weighted by molar-refractivity contribution is 5.87. The molecular formula is C12H26N6O6. The van der Waals surface area contributed by atoms with Crippen LogP contribution in [-0.4, -0.2) is 72.2 Å². The SMILES string of the molecule is NC(=O)C(N)CC(=O)NCCO.NC(=O)CC(N)C(=O)NCCO. The Morgan fingerprint density at radius 3 is 1.75 bits per heavy atom. The number of aliphatic hydroxyl groups is 2. The van der Waals surface area contributed by atoms with Crippen LogP contribution in [0.2, 0.25) is 0 Å². The van der Waals surface area contributed by atoms with Crippen LogP contribution in [0.5, 0.6) is 0 Å². The van der Waals surface area contributed by atoms with Crippen LogP contribution in [0.15, 0.2) is 0 Å². The van der Waals surface area contributed by atoms with Gasteiger partial charge in [0.25, 0.3) is 0 Å². The van der Waals surface area contributed by atoms with Crippen molar-refractivity contribution in [1.29, 1.82) is 0 Å². The summed E-state index contributed by atoms with van der Waals surface area (Å²) < 4.78 is 0. The van der Waals surface area contributed by atoms with Crippen LogP contribution in [0.1, 0.15) is 12.8 Å². The molecule has 0 heterocycles. The largest absolute Gasteiger partial charge is 0.395 e. The van der Waals surface area contributed by atoms with E-state index in [9.17, 15) is 19.2 Å². The average Bonchev–Trinajstić information content (AvgIpc) is 2.50. The third kappa shape index (κ3) is 14.6. The van der Waals surface area contributed by atoms with Gasteiger partial charge in [-0.3, -0.25) is 19.2 Å². The standard InChI is InChI=1S/2C6H13N3O3/c7-4(6(8)12)3-5(11)9-1-2-10;7-4(3-5(8)11)6(12)9-1-2-10/h4,10H,1-3,7H2,(H2,8,12)(H,9,11);4,10H,1-3,7H2,(H2,8,11)(H,9,12). The summed E-state index contributed by atoms with van der Waals surface area (Å²) in [6, 6.07) is -1.88. The van der Waals surface area contributed by atoms with Crippen LogP contribution in [0, 0.1) is 0 Å². The van der Waals surface area contributed by atoms with E-state index in [4.69, 9.17) is 33.1 Å². The van der Waals surface area contributed by atoms with Gasteiger partial charge in [0.15, 0.2) is 0 Å². The van der Waals surface area contributed by atoms with Crippen molar-refractivity contribution in [2.75, 3.05) is 26.3 Å². The fraction of sp³-hybridized carbons (Fsp3) is 0.667. The summed E-state index contributed by atoms with van der Waals surface area (Å²) in [5.41, 5.74) is 20.1. The van der Waals surface area contributed by atoms with E-state index in [2.05, 4.69) is 10.6 Å². The van der Waals surface area contributed by atoms with Crippen LogP contribution in [0.4, 0.5) is 0 Å². The highest BCUT2D eigenvalue weighted by atomic mass is 16.3. The van der Waals surface area contributed by atoms with Gasteiger partial charge in [0.1, 0.15) is 0 Å². The second kappa shape index (κ2) is 14.3. The summed E-state index contributed by atoms with van der Waals surface area (Å²) in [6.45, 7) is -0.0117. The van der Waals surface area contributed by atoms with Crippen LogP contribution >= 0.6 is 0 Å². The van der Waals surface area contributed by atoms with Gasteiger partial charge in [-0.25, -0.2) is 0 Å². The smallest absolute Gasteiger partial charge is 0.237 e. The zero-order chi connectivity index (χ0) is 19.1. The molecule has 0 aromatic heterocycles. The van der Waals surface area contributed by atoms with Crippen molar-refractivity contribution in [3.8, 4) is 0 Å². The normalized spacial score (nSPS) is 12.2. The Kier molecular flexibility index (Phi) is 14.3. The Morgan fingerprint density at radius 2 is 1.33 bits per heavy atom. The van der Waals surface area contributed by atoms with Crippen molar-refractivity contribution in [3.63, 3.8) is 0 Å². The van der Waals surface area contributed by atoms with Gasteiger partial charge in [-0.05, 0) is 0 Å². The highest BCUT2D eigenvalue weighted by Gasteiger charge is 2.14. The number of primary amides is 2. The highest BCUT2D eigenvalue weighted by Crippen LogP contribution is 1.86. The van der Waals surface area contributed by atoms with E-state index in [1.807, 2.05) is 0 Å². The minimum Gasteiger partial charge on any atom is -0.395 e.